The van der Waals surface area contributed by atoms with Gasteiger partial charge in [0.05, 0.1) is 24.3 Å². The number of anilines is 1. The highest BCUT2D eigenvalue weighted by Crippen LogP contribution is 2.42. The first-order valence-corrected chi connectivity index (χ1v) is 21.5. The first-order valence-electron chi connectivity index (χ1n) is 21.5. The highest BCUT2D eigenvalue weighted by molar-refractivity contribution is 6.04. The van der Waals surface area contributed by atoms with Crippen LogP contribution in [0.25, 0.3) is 10.9 Å². The lowest BCUT2D eigenvalue weighted by Crippen LogP contribution is -2.51. The van der Waals surface area contributed by atoms with Crippen LogP contribution < -0.4 is 10.2 Å². The summed E-state index contributed by atoms with van der Waals surface area (Å²) in [5.41, 5.74) is 6.66. The number of benzene rings is 3. The number of halogens is 4. The summed E-state index contributed by atoms with van der Waals surface area (Å²) < 4.78 is 59.8. The van der Waals surface area contributed by atoms with Gasteiger partial charge in [-0.2, -0.15) is 5.10 Å². The number of nitrogens with one attached hydrogen (secondary N) is 2. The molecule has 0 radical (unpaired) electrons. The van der Waals surface area contributed by atoms with E-state index in [-0.39, 0.29) is 12.1 Å². The number of rotatable bonds is 10. The summed E-state index contributed by atoms with van der Waals surface area (Å²) in [6.07, 6.45) is 4.68. The monoisotopic (exact) mass is 840 g/mol. The van der Waals surface area contributed by atoms with Crippen molar-refractivity contribution in [2.45, 2.75) is 89.5 Å². The molecule has 9 rings (SSSR count). The van der Waals surface area contributed by atoms with Crippen LogP contribution in [0.4, 0.5) is 23.2 Å². The zero-order valence-corrected chi connectivity index (χ0v) is 34.4. The maximum atomic E-state index is 16.2. The number of carbonyl (C=O) groups is 3. The van der Waals surface area contributed by atoms with E-state index >= 15 is 8.78 Å². The molecular weight excluding hydrogens is 789 g/mol. The molecule has 5 aliphatic heterocycles. The Morgan fingerprint density at radius 3 is 2.38 bits per heavy atom. The Labute approximate surface area is 352 Å². The van der Waals surface area contributed by atoms with Crippen LogP contribution >= 0.6 is 0 Å². The number of fused-ring (bicyclic) bond motifs is 4. The molecule has 5 aliphatic rings. The number of aromatic nitrogens is 2. The average Bonchev–Trinajstić information content (AvgIpc) is 3.89. The Balaban J connectivity index is 0.787. The molecule has 3 aromatic carbocycles. The van der Waals surface area contributed by atoms with Crippen LogP contribution in [0.2, 0.25) is 0 Å². The van der Waals surface area contributed by atoms with E-state index in [0.29, 0.717) is 73.2 Å². The number of allylic oxidation sites excluding steroid dienone is 1. The Hall–Kier alpha value is -5.12. The first kappa shape index (κ1) is 41.2. The third kappa shape index (κ3) is 8.07. The molecule has 4 aromatic rings. The Bertz CT molecular complexity index is 2330. The highest BCUT2D eigenvalue weighted by Gasteiger charge is 2.38. The van der Waals surface area contributed by atoms with Crippen LogP contribution in [0.1, 0.15) is 88.3 Å². The van der Waals surface area contributed by atoms with Crippen molar-refractivity contribution >= 4 is 34.8 Å². The van der Waals surface area contributed by atoms with Gasteiger partial charge in [0.15, 0.2) is 0 Å². The lowest BCUT2D eigenvalue weighted by Gasteiger charge is -2.40. The van der Waals surface area contributed by atoms with E-state index in [1.165, 1.54) is 22.6 Å². The number of imide groups is 1. The second-order valence-corrected chi connectivity index (χ2v) is 17.6. The Morgan fingerprint density at radius 2 is 1.69 bits per heavy atom. The molecule has 61 heavy (non-hydrogen) atoms. The molecule has 322 valence electrons. The SMILES string of the molecule is C=C1CCC(N(C=O)C(=O)c2cc3c(cc2C)CN(C2CCN(CC4CCN(c5cc(F)c([C@@H]6c7ccc8[nH]ncc8c7CCN6CC(F)F)c(F)c5)CC4)CC2)C3)C(=O)N1. The smallest absolute Gasteiger partial charge is 0.261 e. The predicted octanol–water partition coefficient (Wildman–Crippen LogP) is 6.45. The molecule has 3 amide bonds. The topological polar surface area (TPSA) is 108 Å². The molecule has 3 fully saturated rings. The summed E-state index contributed by atoms with van der Waals surface area (Å²) in [5, 5.41) is 10.6. The van der Waals surface area contributed by atoms with E-state index in [1.807, 2.05) is 24.0 Å². The van der Waals surface area contributed by atoms with Crippen molar-refractivity contribution in [1.29, 1.82) is 0 Å². The lowest BCUT2D eigenvalue weighted by molar-refractivity contribution is -0.131. The van der Waals surface area contributed by atoms with Gasteiger partial charge in [-0.05, 0) is 123 Å². The number of amides is 3. The van der Waals surface area contributed by atoms with Crippen molar-refractivity contribution < 1.29 is 31.9 Å². The van der Waals surface area contributed by atoms with Gasteiger partial charge in [0.25, 0.3) is 12.3 Å². The molecule has 15 heteroatoms. The number of aryl methyl sites for hydroxylation is 1. The van der Waals surface area contributed by atoms with Crippen LogP contribution in [0.15, 0.2) is 54.9 Å². The number of nitrogens with zero attached hydrogens (tertiary/aromatic N) is 6. The van der Waals surface area contributed by atoms with E-state index in [4.69, 9.17) is 0 Å². The zero-order valence-electron chi connectivity index (χ0n) is 34.4. The molecule has 6 heterocycles. The molecule has 0 saturated carbocycles. The summed E-state index contributed by atoms with van der Waals surface area (Å²) in [7, 11) is 0. The molecule has 2 N–H and O–H groups in total. The zero-order chi connectivity index (χ0) is 42.5. The number of aromatic amines is 1. The fourth-order valence-electron chi connectivity index (χ4n) is 10.7. The van der Waals surface area contributed by atoms with Crippen molar-refractivity contribution in [2.24, 2.45) is 5.92 Å². The van der Waals surface area contributed by atoms with E-state index < -0.39 is 48.5 Å². The number of hydrogen-bond acceptors (Lipinski definition) is 8. The summed E-state index contributed by atoms with van der Waals surface area (Å²) >= 11 is 0. The minimum Gasteiger partial charge on any atom is -0.371 e. The van der Waals surface area contributed by atoms with Gasteiger partial charge in [-0.25, -0.2) is 17.6 Å². The van der Waals surface area contributed by atoms with E-state index in [0.717, 1.165) is 90.9 Å². The van der Waals surface area contributed by atoms with Crippen molar-refractivity contribution in [3.05, 3.63) is 105 Å². The summed E-state index contributed by atoms with van der Waals surface area (Å²) in [5.74, 6) is -1.84. The van der Waals surface area contributed by atoms with Crippen LogP contribution in [0.5, 0.6) is 0 Å². The summed E-state index contributed by atoms with van der Waals surface area (Å²) in [4.78, 5) is 47.8. The maximum absolute atomic E-state index is 16.2. The van der Waals surface area contributed by atoms with Crippen LogP contribution in [0.3, 0.4) is 0 Å². The van der Waals surface area contributed by atoms with Gasteiger partial charge in [-0.1, -0.05) is 18.7 Å². The highest BCUT2D eigenvalue weighted by atomic mass is 19.3. The van der Waals surface area contributed by atoms with Gasteiger partial charge >= 0.3 is 0 Å². The standard InChI is InChI=1S/C46H52F4N8O3/c1-27-17-30-23-57(24-31(30)18-36(27)46(61)58(26-59)41-6-3-28(2)52-45(41)60)32-9-12-54(13-10-32)22-29-7-14-55(15-8-29)33-19-38(47)43(39(48)20-33)44-35-4-5-40-37(21-51-53-40)34(35)11-16-56(44)25-42(49)50/h4-5,17-21,26,29,32,41-42,44H,2-3,6-16,22-25H2,1H3,(H,51,53)(H,52,60)/t41?,44-/m0/s1. The van der Waals surface area contributed by atoms with Gasteiger partial charge < -0.3 is 15.1 Å². The van der Waals surface area contributed by atoms with Gasteiger partial charge in [0.2, 0.25) is 12.3 Å². The molecular formula is C46H52F4N8O3. The molecule has 11 nitrogen and oxygen atoms in total. The quantitative estimate of drug-likeness (QED) is 0.139. The van der Waals surface area contributed by atoms with Crippen LogP contribution in [-0.4, -0.2) is 112 Å². The lowest BCUT2D eigenvalue weighted by atomic mass is 9.85. The summed E-state index contributed by atoms with van der Waals surface area (Å²) in [6, 6.07) is 8.83. The third-order valence-corrected chi connectivity index (χ3v) is 13.9. The largest absolute Gasteiger partial charge is 0.371 e. The summed E-state index contributed by atoms with van der Waals surface area (Å²) in [6.45, 7) is 11.1. The van der Waals surface area contributed by atoms with Gasteiger partial charge in [0, 0.05) is 73.2 Å². The van der Waals surface area contributed by atoms with Crippen molar-refractivity contribution in [3.8, 4) is 0 Å². The number of piperidine rings is 3. The van der Waals surface area contributed by atoms with Gasteiger partial charge in [-0.3, -0.25) is 34.2 Å². The van der Waals surface area contributed by atoms with Crippen molar-refractivity contribution in [3.63, 3.8) is 0 Å². The molecule has 0 bridgehead atoms. The normalized spacial score (nSPS) is 22.2. The van der Waals surface area contributed by atoms with E-state index in [1.54, 1.807) is 18.3 Å². The molecule has 3 saturated heterocycles. The molecule has 0 aliphatic carbocycles. The van der Waals surface area contributed by atoms with E-state index in [9.17, 15) is 23.2 Å². The molecule has 2 atom stereocenters. The minimum atomic E-state index is -2.65. The molecule has 1 aromatic heterocycles. The third-order valence-electron chi connectivity index (χ3n) is 13.9. The predicted molar refractivity (Wildman–Crippen MR) is 223 cm³/mol. The van der Waals surface area contributed by atoms with E-state index in [2.05, 4.69) is 31.9 Å². The Kier molecular flexibility index (Phi) is 11.5. The number of carbonyl (C=O) groups excluding carboxylic acids is 3. The molecule has 0 spiro atoms. The first-order chi connectivity index (χ1) is 29.4. The maximum Gasteiger partial charge on any atom is 0.261 e. The Morgan fingerprint density at radius 1 is 0.967 bits per heavy atom. The fraction of sp³-hybridized carbons (Fsp3) is 0.478. The second-order valence-electron chi connectivity index (χ2n) is 17.6. The fourth-order valence-corrected chi connectivity index (χ4v) is 10.7. The van der Waals surface area contributed by atoms with Crippen molar-refractivity contribution in [2.75, 3.05) is 50.7 Å². The number of alkyl halides is 2. The minimum absolute atomic E-state index is 0.195. The number of likely N-dealkylation sites (tertiary alicyclic amines) is 1. The number of hydrogen-bond donors (Lipinski definition) is 2. The average molecular weight is 841 g/mol. The second kappa shape index (κ2) is 17.0. The van der Waals surface area contributed by atoms with Crippen molar-refractivity contribution in [1.82, 2.24) is 35.1 Å². The number of H-pyrrole nitrogens is 1. The van der Waals surface area contributed by atoms with Crippen LogP contribution in [0, 0.1) is 24.5 Å². The van der Waals surface area contributed by atoms with Gasteiger partial charge in [0.1, 0.15) is 17.7 Å². The van der Waals surface area contributed by atoms with Crippen LogP contribution in [-0.2, 0) is 29.1 Å². The molecule has 1 unspecified atom stereocenters. The van der Waals surface area contributed by atoms with Gasteiger partial charge in [-0.15, -0.1) is 0 Å².